The van der Waals surface area contributed by atoms with Gasteiger partial charge >= 0.3 is 0 Å². The van der Waals surface area contributed by atoms with Crippen molar-refractivity contribution < 1.29 is 4.39 Å². The monoisotopic (exact) mass is 246 g/mol. The van der Waals surface area contributed by atoms with Crippen LogP contribution in [0, 0.1) is 5.82 Å². The Morgan fingerprint density at radius 2 is 1.88 bits per heavy atom. The lowest BCUT2D eigenvalue weighted by molar-refractivity contribution is 0.627. The Morgan fingerprint density at radius 3 is 2.44 bits per heavy atom. The van der Waals surface area contributed by atoms with Gasteiger partial charge in [-0.1, -0.05) is 25.4 Å². The number of nitrogens with one attached hydrogen (secondary N) is 2. The van der Waals surface area contributed by atoms with Gasteiger partial charge in [0.15, 0.2) is 0 Å². The smallest absolute Gasteiger partial charge is 0.142 e. The molecule has 1 aromatic carbocycles. The summed E-state index contributed by atoms with van der Waals surface area (Å²) in [5.74, 6) is -0.325. The van der Waals surface area contributed by atoms with Crippen molar-refractivity contribution in [2.24, 2.45) is 0 Å². The molecule has 1 aliphatic rings. The van der Waals surface area contributed by atoms with Crippen molar-refractivity contribution in [1.29, 1.82) is 0 Å². The second kappa shape index (κ2) is 8.36. The van der Waals surface area contributed by atoms with Crippen molar-refractivity contribution in [3.8, 4) is 0 Å². The maximum Gasteiger partial charge on any atom is 0.142 e. The van der Waals surface area contributed by atoms with Crippen LogP contribution in [0.2, 0.25) is 5.02 Å². The first-order valence-corrected chi connectivity index (χ1v) is 5.87. The lowest BCUT2D eigenvalue weighted by Crippen LogP contribution is -1.90. The summed E-state index contributed by atoms with van der Waals surface area (Å²) in [5.41, 5.74) is 1.99. The van der Waals surface area contributed by atoms with Crippen LogP contribution in [0.1, 0.15) is 19.4 Å². The van der Waals surface area contributed by atoms with Crippen molar-refractivity contribution in [3.63, 3.8) is 0 Å². The van der Waals surface area contributed by atoms with E-state index in [0.717, 1.165) is 24.2 Å². The van der Waals surface area contributed by atoms with E-state index in [9.17, 15) is 4.39 Å². The predicted octanol–water partition coefficient (Wildman–Crippen LogP) is 3.31. The molecule has 0 aromatic heterocycles. The molecule has 4 heteroatoms. The fraction of sp³-hybridized carbons (Fsp3) is 0.500. The maximum atomic E-state index is 12.8. The Kier molecular flexibility index (Phi) is 7.95. The molecule has 0 fully saturated rings. The SMILES string of the molecule is CC.CNC.Fc1cc2c(cc1Cl)NCC2. The number of fused-ring (bicyclic) bond motifs is 1. The highest BCUT2D eigenvalue weighted by Gasteiger charge is 2.12. The molecular formula is C12H20ClFN2. The van der Waals surface area contributed by atoms with Crippen LogP contribution in [-0.2, 0) is 6.42 Å². The average Bonchev–Trinajstić information content (AvgIpc) is 2.70. The highest BCUT2D eigenvalue weighted by Crippen LogP contribution is 2.27. The molecule has 0 amide bonds. The van der Waals surface area contributed by atoms with Crippen LogP contribution < -0.4 is 10.6 Å². The van der Waals surface area contributed by atoms with E-state index in [4.69, 9.17) is 11.6 Å². The van der Waals surface area contributed by atoms with Gasteiger partial charge in [0, 0.05) is 12.2 Å². The fourth-order valence-corrected chi connectivity index (χ4v) is 1.45. The standard InChI is InChI=1S/C8H7ClFN.C2H7N.C2H6/c9-6-4-8-5(1-2-11-8)3-7(6)10;1-3-2;1-2/h3-4,11H,1-2H2;3H,1-2H3;1-2H3. The zero-order chi connectivity index (χ0) is 12.6. The topological polar surface area (TPSA) is 24.1 Å². The van der Waals surface area contributed by atoms with Crippen molar-refractivity contribution in [2.45, 2.75) is 20.3 Å². The quantitative estimate of drug-likeness (QED) is 0.734. The second-order valence-corrected chi connectivity index (χ2v) is 3.51. The van der Waals surface area contributed by atoms with Gasteiger partial charge < -0.3 is 10.6 Å². The number of benzene rings is 1. The van der Waals surface area contributed by atoms with Gasteiger partial charge in [0.1, 0.15) is 5.82 Å². The minimum absolute atomic E-state index is 0.193. The van der Waals surface area contributed by atoms with Crippen molar-refractivity contribution in [1.82, 2.24) is 5.32 Å². The van der Waals surface area contributed by atoms with E-state index in [1.165, 1.54) is 6.07 Å². The van der Waals surface area contributed by atoms with E-state index in [2.05, 4.69) is 10.6 Å². The normalized spacial score (nSPS) is 11.4. The van der Waals surface area contributed by atoms with Crippen molar-refractivity contribution in [2.75, 3.05) is 26.0 Å². The van der Waals surface area contributed by atoms with Crippen molar-refractivity contribution in [3.05, 3.63) is 28.5 Å². The van der Waals surface area contributed by atoms with Gasteiger partial charge in [-0.15, -0.1) is 0 Å². The van der Waals surface area contributed by atoms with E-state index in [0.29, 0.717) is 0 Å². The average molecular weight is 247 g/mol. The first-order valence-electron chi connectivity index (χ1n) is 5.49. The number of hydrogen-bond donors (Lipinski definition) is 2. The molecule has 16 heavy (non-hydrogen) atoms. The van der Waals surface area contributed by atoms with Crippen LogP contribution in [0.15, 0.2) is 12.1 Å². The molecule has 0 aliphatic carbocycles. The molecule has 1 heterocycles. The summed E-state index contributed by atoms with van der Waals surface area (Å²) in [4.78, 5) is 0. The zero-order valence-electron chi connectivity index (χ0n) is 10.3. The number of rotatable bonds is 0. The Morgan fingerprint density at radius 1 is 1.31 bits per heavy atom. The fourth-order valence-electron chi connectivity index (χ4n) is 1.29. The molecule has 0 saturated heterocycles. The molecule has 0 atom stereocenters. The third kappa shape index (κ3) is 4.37. The number of anilines is 1. The van der Waals surface area contributed by atoms with E-state index in [-0.39, 0.29) is 10.8 Å². The van der Waals surface area contributed by atoms with E-state index in [1.807, 2.05) is 27.9 Å². The van der Waals surface area contributed by atoms with Crippen molar-refractivity contribution >= 4 is 17.3 Å². The molecule has 0 spiro atoms. The first kappa shape index (κ1) is 15.2. The van der Waals surface area contributed by atoms with Gasteiger partial charge in [-0.25, -0.2) is 4.39 Å². The summed E-state index contributed by atoms with van der Waals surface area (Å²) < 4.78 is 12.8. The summed E-state index contributed by atoms with van der Waals surface area (Å²) in [6.07, 6.45) is 0.892. The summed E-state index contributed by atoms with van der Waals surface area (Å²) in [6, 6.07) is 3.14. The first-order chi connectivity index (χ1) is 7.69. The molecule has 0 bridgehead atoms. The highest BCUT2D eigenvalue weighted by molar-refractivity contribution is 6.31. The van der Waals surface area contributed by atoms with E-state index >= 15 is 0 Å². The van der Waals surface area contributed by atoms with Gasteiger partial charge in [0.2, 0.25) is 0 Å². The Bertz CT molecular complexity index is 287. The summed E-state index contributed by atoms with van der Waals surface area (Å²) in [6.45, 7) is 4.88. The van der Waals surface area contributed by atoms with Crippen LogP contribution in [0.25, 0.3) is 0 Å². The molecule has 1 aromatic rings. The molecule has 0 saturated carbocycles. The minimum Gasteiger partial charge on any atom is -0.384 e. The van der Waals surface area contributed by atoms with Crippen LogP contribution in [-0.4, -0.2) is 20.6 Å². The lowest BCUT2D eigenvalue weighted by Gasteiger charge is -2.00. The van der Waals surface area contributed by atoms with E-state index < -0.39 is 0 Å². The lowest BCUT2D eigenvalue weighted by atomic mass is 10.2. The highest BCUT2D eigenvalue weighted by atomic mass is 35.5. The molecule has 92 valence electrons. The van der Waals surface area contributed by atoms with Gasteiger partial charge in [0.05, 0.1) is 5.02 Å². The van der Waals surface area contributed by atoms with Gasteiger partial charge in [-0.2, -0.15) is 0 Å². The van der Waals surface area contributed by atoms with Crippen LogP contribution in [0.5, 0.6) is 0 Å². The molecule has 1 aliphatic heterocycles. The van der Waals surface area contributed by atoms with Crippen LogP contribution >= 0.6 is 11.6 Å². The molecule has 2 N–H and O–H groups in total. The number of hydrogen-bond acceptors (Lipinski definition) is 2. The minimum atomic E-state index is -0.325. The van der Waals surface area contributed by atoms with Gasteiger partial charge in [0.25, 0.3) is 0 Å². The Balaban J connectivity index is 0.000000394. The summed E-state index contributed by atoms with van der Waals surface area (Å²) >= 11 is 5.58. The van der Waals surface area contributed by atoms with Gasteiger partial charge in [-0.05, 0) is 38.2 Å². The Labute approximate surface area is 102 Å². The van der Waals surface area contributed by atoms with E-state index in [1.54, 1.807) is 6.07 Å². The van der Waals surface area contributed by atoms with Crippen LogP contribution in [0.4, 0.5) is 10.1 Å². The zero-order valence-corrected chi connectivity index (χ0v) is 11.1. The molecular weight excluding hydrogens is 227 g/mol. The maximum absolute atomic E-state index is 12.8. The third-order valence-electron chi connectivity index (χ3n) is 1.86. The molecule has 0 unspecified atom stereocenters. The third-order valence-corrected chi connectivity index (χ3v) is 2.15. The second-order valence-electron chi connectivity index (χ2n) is 3.10. The summed E-state index contributed by atoms with van der Waals surface area (Å²) in [7, 11) is 3.75. The molecule has 0 radical (unpaired) electrons. The van der Waals surface area contributed by atoms with Gasteiger partial charge in [-0.3, -0.25) is 0 Å². The largest absolute Gasteiger partial charge is 0.384 e. The number of halogens is 2. The molecule has 2 nitrogen and oxygen atoms in total. The predicted molar refractivity (Wildman–Crippen MR) is 69.9 cm³/mol. The molecule has 2 rings (SSSR count). The summed E-state index contributed by atoms with van der Waals surface area (Å²) in [5, 5.41) is 6.06. The van der Waals surface area contributed by atoms with Crippen LogP contribution in [0.3, 0.4) is 0 Å². The Hall–Kier alpha value is -0.800.